The number of rotatable bonds is 8. The smallest absolute Gasteiger partial charge is 0.269 e. The molecule has 6 nitrogen and oxygen atoms in total. The van der Waals surface area contributed by atoms with E-state index in [0.717, 1.165) is 5.56 Å². The van der Waals surface area contributed by atoms with E-state index in [1.165, 1.54) is 24.3 Å². The molecular weight excluding hydrogens is 308 g/mol. The van der Waals surface area contributed by atoms with E-state index in [-0.39, 0.29) is 12.3 Å². The Bertz CT molecular complexity index is 671. The van der Waals surface area contributed by atoms with E-state index in [1.54, 1.807) is 0 Å². The standard InChI is InChI=1S/C18H20N2O4/c21-13-17(19-12-4-7-14-5-2-1-3-6-14)18(22)15-8-10-16(11-9-15)20(23)24/h1-11,17-19,21-22H,12-13H2/b7-4+. The molecule has 24 heavy (non-hydrogen) atoms. The van der Waals surface area contributed by atoms with E-state index in [1.807, 2.05) is 42.5 Å². The van der Waals surface area contributed by atoms with Crippen LogP contribution in [0, 0.1) is 10.1 Å². The minimum atomic E-state index is -0.957. The van der Waals surface area contributed by atoms with Gasteiger partial charge < -0.3 is 15.5 Å². The first-order valence-electron chi connectivity index (χ1n) is 7.60. The summed E-state index contributed by atoms with van der Waals surface area (Å²) >= 11 is 0. The molecule has 0 fully saturated rings. The Kier molecular flexibility index (Phi) is 6.62. The SMILES string of the molecule is O=[N+]([O-])c1ccc(C(O)C(CO)NC/C=C/c2ccccc2)cc1. The third kappa shape index (κ3) is 4.99. The summed E-state index contributed by atoms with van der Waals surface area (Å²) in [5.74, 6) is 0. The van der Waals surface area contributed by atoms with Gasteiger partial charge in [0.25, 0.3) is 5.69 Å². The Balaban J connectivity index is 1.92. The van der Waals surface area contributed by atoms with Crippen molar-refractivity contribution in [2.45, 2.75) is 12.1 Å². The maximum atomic E-state index is 10.6. The van der Waals surface area contributed by atoms with E-state index in [4.69, 9.17) is 0 Å². The van der Waals surface area contributed by atoms with Gasteiger partial charge in [-0.15, -0.1) is 0 Å². The number of nitro groups is 1. The number of nitrogens with zero attached hydrogens (tertiary/aromatic N) is 1. The normalized spacial score (nSPS) is 13.8. The summed E-state index contributed by atoms with van der Waals surface area (Å²) in [6, 6.07) is 14.9. The van der Waals surface area contributed by atoms with Crippen LogP contribution in [0.15, 0.2) is 60.7 Å². The minimum Gasteiger partial charge on any atom is -0.395 e. The minimum absolute atomic E-state index is 0.0368. The topological polar surface area (TPSA) is 95.6 Å². The second-order valence-electron chi connectivity index (χ2n) is 5.30. The summed E-state index contributed by atoms with van der Waals surface area (Å²) in [6.45, 7) is 0.224. The fraction of sp³-hybridized carbons (Fsp3) is 0.222. The number of aliphatic hydroxyl groups is 2. The molecule has 3 N–H and O–H groups in total. The molecule has 2 aromatic carbocycles. The number of hydrogen-bond donors (Lipinski definition) is 3. The van der Waals surface area contributed by atoms with Crippen LogP contribution in [0.5, 0.6) is 0 Å². The van der Waals surface area contributed by atoms with Crippen LogP contribution < -0.4 is 5.32 Å². The van der Waals surface area contributed by atoms with E-state index in [9.17, 15) is 20.3 Å². The van der Waals surface area contributed by atoms with Crippen molar-refractivity contribution >= 4 is 11.8 Å². The molecule has 0 aliphatic carbocycles. The quantitative estimate of drug-likeness (QED) is 0.510. The van der Waals surface area contributed by atoms with Gasteiger partial charge in [-0.1, -0.05) is 42.5 Å². The second-order valence-corrected chi connectivity index (χ2v) is 5.30. The van der Waals surface area contributed by atoms with Crippen molar-refractivity contribution in [3.05, 3.63) is 81.9 Å². The largest absolute Gasteiger partial charge is 0.395 e. The fourth-order valence-corrected chi connectivity index (χ4v) is 2.28. The van der Waals surface area contributed by atoms with Gasteiger partial charge >= 0.3 is 0 Å². The lowest BCUT2D eigenvalue weighted by Gasteiger charge is -2.22. The summed E-state index contributed by atoms with van der Waals surface area (Å²) in [5.41, 5.74) is 1.54. The average molecular weight is 328 g/mol. The number of benzene rings is 2. The van der Waals surface area contributed by atoms with Gasteiger partial charge in [0, 0.05) is 18.7 Å². The first kappa shape index (κ1) is 17.8. The van der Waals surface area contributed by atoms with Crippen molar-refractivity contribution < 1.29 is 15.1 Å². The van der Waals surface area contributed by atoms with Gasteiger partial charge in [0.05, 0.1) is 23.7 Å². The van der Waals surface area contributed by atoms with Crippen LogP contribution in [0.1, 0.15) is 17.2 Å². The molecule has 2 aromatic rings. The third-order valence-corrected chi connectivity index (χ3v) is 3.63. The predicted molar refractivity (Wildman–Crippen MR) is 92.4 cm³/mol. The highest BCUT2D eigenvalue weighted by molar-refractivity contribution is 5.48. The molecule has 6 heteroatoms. The molecule has 2 unspecified atom stereocenters. The Morgan fingerprint density at radius 1 is 1.12 bits per heavy atom. The summed E-state index contributed by atoms with van der Waals surface area (Å²) in [4.78, 5) is 10.2. The van der Waals surface area contributed by atoms with Crippen molar-refractivity contribution in [2.75, 3.05) is 13.2 Å². The van der Waals surface area contributed by atoms with Crippen molar-refractivity contribution in [3.63, 3.8) is 0 Å². The van der Waals surface area contributed by atoms with Crippen molar-refractivity contribution in [1.82, 2.24) is 5.32 Å². The molecule has 0 aliphatic rings. The average Bonchev–Trinajstić information content (AvgIpc) is 2.62. The summed E-state index contributed by atoms with van der Waals surface area (Å²) in [7, 11) is 0. The lowest BCUT2D eigenvalue weighted by atomic mass is 10.0. The lowest BCUT2D eigenvalue weighted by Crippen LogP contribution is -2.38. The highest BCUT2D eigenvalue weighted by Crippen LogP contribution is 2.20. The Labute approximate surface area is 140 Å². The zero-order valence-electron chi connectivity index (χ0n) is 13.1. The third-order valence-electron chi connectivity index (χ3n) is 3.63. The van der Waals surface area contributed by atoms with Crippen LogP contribution in [0.4, 0.5) is 5.69 Å². The molecule has 0 aromatic heterocycles. The van der Waals surface area contributed by atoms with Gasteiger partial charge in [0.2, 0.25) is 0 Å². The van der Waals surface area contributed by atoms with E-state index in [0.29, 0.717) is 12.1 Å². The van der Waals surface area contributed by atoms with Crippen LogP contribution in [0.2, 0.25) is 0 Å². The van der Waals surface area contributed by atoms with Crippen molar-refractivity contribution in [1.29, 1.82) is 0 Å². The number of hydrogen-bond acceptors (Lipinski definition) is 5. The van der Waals surface area contributed by atoms with Gasteiger partial charge in [-0.25, -0.2) is 0 Å². The molecule has 2 atom stereocenters. The summed E-state index contributed by atoms with van der Waals surface area (Å²) in [5, 5.41) is 33.5. The summed E-state index contributed by atoms with van der Waals surface area (Å²) in [6.07, 6.45) is 2.89. The van der Waals surface area contributed by atoms with Crippen molar-refractivity contribution in [2.24, 2.45) is 0 Å². The van der Waals surface area contributed by atoms with Gasteiger partial charge in [0.15, 0.2) is 0 Å². The van der Waals surface area contributed by atoms with Crippen LogP contribution >= 0.6 is 0 Å². The van der Waals surface area contributed by atoms with Gasteiger partial charge in [-0.2, -0.15) is 0 Å². The van der Waals surface area contributed by atoms with Crippen LogP contribution in [0.25, 0.3) is 6.08 Å². The monoisotopic (exact) mass is 328 g/mol. The van der Waals surface area contributed by atoms with Gasteiger partial charge in [-0.3, -0.25) is 10.1 Å². The van der Waals surface area contributed by atoms with Crippen LogP contribution in [0.3, 0.4) is 0 Å². The molecule has 0 saturated heterocycles. The first-order valence-corrected chi connectivity index (χ1v) is 7.60. The number of nitrogens with one attached hydrogen (secondary N) is 1. The van der Waals surface area contributed by atoms with Gasteiger partial charge in [0.1, 0.15) is 0 Å². The second kappa shape index (κ2) is 8.93. The summed E-state index contributed by atoms with van der Waals surface area (Å²) < 4.78 is 0. The lowest BCUT2D eigenvalue weighted by molar-refractivity contribution is -0.384. The number of aliphatic hydroxyl groups excluding tert-OH is 2. The van der Waals surface area contributed by atoms with E-state index < -0.39 is 17.1 Å². The molecular formula is C18H20N2O4. The van der Waals surface area contributed by atoms with E-state index in [2.05, 4.69) is 5.32 Å². The van der Waals surface area contributed by atoms with Crippen molar-refractivity contribution in [3.8, 4) is 0 Å². The zero-order chi connectivity index (χ0) is 17.4. The van der Waals surface area contributed by atoms with E-state index >= 15 is 0 Å². The molecule has 126 valence electrons. The fourth-order valence-electron chi connectivity index (χ4n) is 2.28. The molecule has 0 aliphatic heterocycles. The number of nitro benzene ring substituents is 1. The van der Waals surface area contributed by atoms with Gasteiger partial charge in [-0.05, 0) is 23.3 Å². The molecule has 0 heterocycles. The molecule has 0 bridgehead atoms. The molecule has 0 saturated carbocycles. The Morgan fingerprint density at radius 3 is 2.38 bits per heavy atom. The molecule has 0 amide bonds. The Morgan fingerprint density at radius 2 is 1.79 bits per heavy atom. The maximum Gasteiger partial charge on any atom is 0.269 e. The first-order chi connectivity index (χ1) is 11.6. The molecule has 0 spiro atoms. The highest BCUT2D eigenvalue weighted by Gasteiger charge is 2.20. The predicted octanol–water partition coefficient (Wildman–Crippen LogP) is 2.29. The zero-order valence-corrected chi connectivity index (χ0v) is 13.1. The van der Waals surface area contributed by atoms with Crippen LogP contribution in [-0.4, -0.2) is 34.3 Å². The van der Waals surface area contributed by atoms with Crippen LogP contribution in [-0.2, 0) is 0 Å². The molecule has 0 radical (unpaired) electrons. The number of non-ortho nitro benzene ring substituents is 1. The highest BCUT2D eigenvalue weighted by atomic mass is 16.6. The Hall–Kier alpha value is -2.54. The molecule has 2 rings (SSSR count). The maximum absolute atomic E-state index is 10.6.